The number of hydrogen-bond donors (Lipinski definition) is 3. The number of carbonyl (C=O) groups is 2. The molecule has 4 rings (SSSR count). The molecule has 10 nitrogen and oxygen atoms in total. The predicted octanol–water partition coefficient (Wildman–Crippen LogP) is 2.90. The number of rotatable bonds is 6. The first-order chi connectivity index (χ1) is 14.6. The number of nitrogens with two attached hydrogens (primary N) is 1. The van der Waals surface area contributed by atoms with Crippen LogP contribution >= 0.6 is 11.3 Å². The van der Waals surface area contributed by atoms with E-state index in [1.165, 1.54) is 29.9 Å². The lowest BCUT2D eigenvalue weighted by atomic mass is 10.3. The lowest BCUT2D eigenvalue weighted by Crippen LogP contribution is -2.36. The van der Waals surface area contributed by atoms with Crippen LogP contribution in [0.3, 0.4) is 0 Å². The molecule has 0 aromatic carbocycles. The van der Waals surface area contributed by atoms with Gasteiger partial charge in [0.05, 0.1) is 19.1 Å². The van der Waals surface area contributed by atoms with Crippen LogP contribution in [0.2, 0.25) is 0 Å². The Labute approximate surface area is 173 Å². The molecule has 4 heterocycles. The van der Waals surface area contributed by atoms with Crippen molar-refractivity contribution in [3.8, 4) is 11.5 Å². The summed E-state index contributed by atoms with van der Waals surface area (Å²) >= 11 is 1.23. The maximum atomic E-state index is 11.9. The number of nitrogens with one attached hydrogen (secondary N) is 2. The Balaban J connectivity index is 1.37. The molecule has 0 spiro atoms. The van der Waals surface area contributed by atoms with Crippen LogP contribution in [-0.4, -0.2) is 22.8 Å². The van der Waals surface area contributed by atoms with Gasteiger partial charge in [-0.1, -0.05) is 0 Å². The van der Waals surface area contributed by atoms with Crippen LogP contribution in [0, 0.1) is 0 Å². The summed E-state index contributed by atoms with van der Waals surface area (Å²) in [5, 5.41) is 7.19. The fourth-order valence-corrected chi connectivity index (χ4v) is 3.11. The predicted molar refractivity (Wildman–Crippen MR) is 107 cm³/mol. The highest BCUT2D eigenvalue weighted by molar-refractivity contribution is 7.13. The van der Waals surface area contributed by atoms with Crippen molar-refractivity contribution in [1.29, 1.82) is 0 Å². The van der Waals surface area contributed by atoms with Gasteiger partial charge >= 0.3 is 0 Å². The highest BCUT2D eigenvalue weighted by Gasteiger charge is 2.13. The highest BCUT2D eigenvalue weighted by Crippen LogP contribution is 2.28. The van der Waals surface area contributed by atoms with Crippen LogP contribution in [-0.2, 0) is 6.54 Å². The maximum Gasteiger partial charge on any atom is 0.293 e. The molecular formula is C19H15N5O5S. The van der Waals surface area contributed by atoms with Gasteiger partial charge in [-0.05, 0) is 36.4 Å². The maximum absolute atomic E-state index is 11.9. The number of aromatic nitrogens is 1. The molecule has 0 bridgehead atoms. The molecular weight excluding hydrogens is 410 g/mol. The zero-order valence-electron chi connectivity index (χ0n) is 15.3. The molecule has 11 heteroatoms. The molecule has 0 aliphatic carbocycles. The van der Waals surface area contributed by atoms with Crippen molar-refractivity contribution < 1.29 is 22.8 Å². The zero-order valence-corrected chi connectivity index (χ0v) is 16.1. The Morgan fingerprint density at radius 1 is 1.07 bits per heavy atom. The molecule has 0 saturated heterocycles. The number of carbonyl (C=O) groups excluding carboxylic acids is 2. The summed E-state index contributed by atoms with van der Waals surface area (Å²) in [6, 6.07) is 9.78. The second kappa shape index (κ2) is 8.49. The van der Waals surface area contributed by atoms with Gasteiger partial charge in [0, 0.05) is 5.38 Å². The minimum Gasteiger partial charge on any atom is -0.459 e. The molecule has 0 unspecified atom stereocenters. The van der Waals surface area contributed by atoms with Crippen molar-refractivity contribution in [3.05, 3.63) is 71.6 Å². The SMILES string of the molecule is N/C(=N\c1nc(-c2ccc(CNC(=O)c3ccco3)o2)cs1)NC(=O)c1ccco1. The van der Waals surface area contributed by atoms with Crippen molar-refractivity contribution in [2.45, 2.75) is 6.54 Å². The molecule has 4 aromatic heterocycles. The Morgan fingerprint density at radius 3 is 2.50 bits per heavy atom. The molecule has 0 saturated carbocycles. The largest absolute Gasteiger partial charge is 0.459 e. The van der Waals surface area contributed by atoms with E-state index in [9.17, 15) is 9.59 Å². The van der Waals surface area contributed by atoms with Gasteiger partial charge in [-0.15, -0.1) is 11.3 Å². The first-order valence-corrected chi connectivity index (χ1v) is 9.52. The van der Waals surface area contributed by atoms with Gasteiger partial charge < -0.3 is 24.3 Å². The van der Waals surface area contributed by atoms with Gasteiger partial charge in [0.15, 0.2) is 17.3 Å². The average molecular weight is 425 g/mol. The first kappa shape index (κ1) is 19.2. The van der Waals surface area contributed by atoms with Gasteiger partial charge in [-0.2, -0.15) is 4.99 Å². The summed E-state index contributed by atoms with van der Waals surface area (Å²) in [5.74, 6) is 0.441. The number of nitrogens with zero attached hydrogens (tertiary/aromatic N) is 2. The van der Waals surface area contributed by atoms with Crippen LogP contribution in [0.4, 0.5) is 5.13 Å². The molecule has 0 aliphatic rings. The van der Waals surface area contributed by atoms with Crippen molar-refractivity contribution in [2.75, 3.05) is 0 Å². The summed E-state index contributed by atoms with van der Waals surface area (Å²) < 4.78 is 15.7. The standard InChI is InChI=1S/C19H15N5O5S/c20-18(23-17(26)15-4-2-8-28-15)24-19-22-12(10-30-19)13-6-5-11(29-13)9-21-16(25)14-3-1-7-27-14/h1-8,10H,9H2,(H,21,25)(H3,20,22,23,24,26). The number of furan rings is 3. The Kier molecular flexibility index (Phi) is 5.44. The number of amides is 2. The fraction of sp³-hybridized carbons (Fsp3) is 0.0526. The topological polar surface area (TPSA) is 149 Å². The second-order valence-corrected chi connectivity index (χ2v) is 6.71. The summed E-state index contributed by atoms with van der Waals surface area (Å²) in [5.41, 5.74) is 6.29. The van der Waals surface area contributed by atoms with Crippen molar-refractivity contribution in [1.82, 2.24) is 15.6 Å². The summed E-state index contributed by atoms with van der Waals surface area (Å²) in [6.07, 6.45) is 2.81. The summed E-state index contributed by atoms with van der Waals surface area (Å²) in [4.78, 5) is 32.2. The van der Waals surface area contributed by atoms with E-state index in [0.717, 1.165) is 0 Å². The van der Waals surface area contributed by atoms with Crippen molar-refractivity contribution >= 4 is 34.2 Å². The number of aliphatic imine (C=N–C) groups is 1. The van der Waals surface area contributed by atoms with E-state index >= 15 is 0 Å². The zero-order chi connectivity index (χ0) is 20.9. The van der Waals surface area contributed by atoms with E-state index in [1.54, 1.807) is 35.7 Å². The van der Waals surface area contributed by atoms with Crippen LogP contribution in [0.5, 0.6) is 0 Å². The van der Waals surface area contributed by atoms with Crippen LogP contribution in [0.25, 0.3) is 11.5 Å². The molecule has 4 aromatic rings. The molecule has 0 atom stereocenters. The van der Waals surface area contributed by atoms with Crippen LogP contribution in [0.15, 0.2) is 72.5 Å². The Morgan fingerprint density at radius 2 is 1.80 bits per heavy atom. The van der Waals surface area contributed by atoms with Crippen LogP contribution in [0.1, 0.15) is 26.9 Å². The van der Waals surface area contributed by atoms with Crippen molar-refractivity contribution in [2.24, 2.45) is 10.7 Å². The van der Waals surface area contributed by atoms with E-state index in [0.29, 0.717) is 22.3 Å². The molecule has 30 heavy (non-hydrogen) atoms. The molecule has 152 valence electrons. The monoisotopic (exact) mass is 425 g/mol. The normalized spacial score (nSPS) is 11.4. The lowest BCUT2D eigenvalue weighted by Gasteiger charge is -2.00. The third-order valence-corrected chi connectivity index (χ3v) is 4.51. The average Bonchev–Trinajstić information content (AvgIpc) is 3.53. The van der Waals surface area contributed by atoms with Gasteiger partial charge in [0.25, 0.3) is 11.8 Å². The molecule has 0 fully saturated rings. The molecule has 0 radical (unpaired) electrons. The number of thiazole rings is 1. The summed E-state index contributed by atoms with van der Waals surface area (Å²) in [6.45, 7) is 0.195. The van der Waals surface area contributed by atoms with Crippen molar-refractivity contribution in [3.63, 3.8) is 0 Å². The van der Waals surface area contributed by atoms with Crippen LogP contribution < -0.4 is 16.4 Å². The fourth-order valence-electron chi connectivity index (χ4n) is 2.42. The highest BCUT2D eigenvalue weighted by atomic mass is 32.1. The third kappa shape index (κ3) is 4.47. The minimum atomic E-state index is -0.509. The Hall–Kier alpha value is -4.12. The summed E-state index contributed by atoms with van der Waals surface area (Å²) in [7, 11) is 0. The van der Waals surface area contributed by atoms with E-state index < -0.39 is 5.91 Å². The Bertz CT molecular complexity index is 1170. The molecule has 2 amide bonds. The molecule has 0 aliphatic heterocycles. The lowest BCUT2D eigenvalue weighted by molar-refractivity contribution is 0.0918. The molecule has 4 N–H and O–H groups in total. The third-order valence-electron chi connectivity index (χ3n) is 3.78. The van der Waals surface area contributed by atoms with E-state index in [2.05, 4.69) is 20.6 Å². The van der Waals surface area contributed by atoms with Gasteiger partial charge in [0.1, 0.15) is 11.5 Å². The quantitative estimate of drug-likeness (QED) is 0.318. The first-order valence-electron chi connectivity index (χ1n) is 8.64. The van der Waals surface area contributed by atoms with E-state index in [1.807, 2.05) is 0 Å². The number of hydrogen-bond acceptors (Lipinski definition) is 8. The van der Waals surface area contributed by atoms with Gasteiger partial charge in [-0.25, -0.2) is 4.98 Å². The van der Waals surface area contributed by atoms with E-state index in [-0.39, 0.29) is 29.9 Å². The minimum absolute atomic E-state index is 0.113. The van der Waals surface area contributed by atoms with E-state index in [4.69, 9.17) is 19.0 Å². The van der Waals surface area contributed by atoms with Gasteiger partial charge in [-0.3, -0.25) is 14.9 Å². The smallest absolute Gasteiger partial charge is 0.293 e. The second-order valence-electron chi connectivity index (χ2n) is 5.87. The number of guanidine groups is 1. The van der Waals surface area contributed by atoms with Gasteiger partial charge in [0.2, 0.25) is 11.1 Å².